The SMILES string of the molecule is Cc1cc(C2CC2(C)C(=O)N=C(N)N)cc(-n2cccn2)c1. The number of guanidine groups is 1. The summed E-state index contributed by atoms with van der Waals surface area (Å²) in [6.07, 6.45) is 4.39. The lowest BCUT2D eigenvalue weighted by Gasteiger charge is -2.10. The van der Waals surface area contributed by atoms with E-state index in [1.165, 1.54) is 0 Å². The van der Waals surface area contributed by atoms with Crippen LogP contribution in [0.25, 0.3) is 5.69 Å². The Labute approximate surface area is 128 Å². The lowest BCUT2D eigenvalue weighted by molar-refractivity contribution is -0.122. The average Bonchev–Trinajstić information content (AvgIpc) is 2.90. The molecule has 0 aliphatic heterocycles. The van der Waals surface area contributed by atoms with Crippen molar-refractivity contribution in [3.05, 3.63) is 47.8 Å². The quantitative estimate of drug-likeness (QED) is 0.662. The van der Waals surface area contributed by atoms with Crippen molar-refractivity contribution in [3.63, 3.8) is 0 Å². The van der Waals surface area contributed by atoms with Crippen LogP contribution in [-0.2, 0) is 4.79 Å². The van der Waals surface area contributed by atoms with Gasteiger partial charge in [0.15, 0.2) is 5.96 Å². The molecule has 1 aromatic heterocycles. The van der Waals surface area contributed by atoms with Gasteiger partial charge in [0, 0.05) is 12.4 Å². The van der Waals surface area contributed by atoms with Gasteiger partial charge in [-0.15, -0.1) is 0 Å². The zero-order valence-corrected chi connectivity index (χ0v) is 12.7. The van der Waals surface area contributed by atoms with E-state index in [0.717, 1.165) is 23.2 Å². The van der Waals surface area contributed by atoms with Crippen LogP contribution >= 0.6 is 0 Å². The molecule has 1 fully saturated rings. The van der Waals surface area contributed by atoms with Gasteiger partial charge in [0.05, 0.1) is 11.1 Å². The highest BCUT2D eigenvalue weighted by Gasteiger charge is 2.56. The molecule has 1 saturated carbocycles. The molecule has 3 rings (SSSR count). The molecule has 0 radical (unpaired) electrons. The van der Waals surface area contributed by atoms with E-state index < -0.39 is 5.41 Å². The second-order valence-corrected chi connectivity index (χ2v) is 6.07. The van der Waals surface area contributed by atoms with Crippen LogP contribution in [0.2, 0.25) is 0 Å². The van der Waals surface area contributed by atoms with E-state index in [9.17, 15) is 4.79 Å². The molecule has 0 saturated heterocycles. The molecule has 4 N–H and O–H groups in total. The summed E-state index contributed by atoms with van der Waals surface area (Å²) in [6.45, 7) is 3.94. The summed E-state index contributed by atoms with van der Waals surface area (Å²) in [4.78, 5) is 15.9. The Balaban J connectivity index is 1.91. The van der Waals surface area contributed by atoms with Gasteiger partial charge in [-0.3, -0.25) is 4.79 Å². The van der Waals surface area contributed by atoms with Crippen LogP contribution < -0.4 is 11.5 Å². The van der Waals surface area contributed by atoms with E-state index in [2.05, 4.69) is 28.3 Å². The molecule has 22 heavy (non-hydrogen) atoms. The molecule has 2 unspecified atom stereocenters. The van der Waals surface area contributed by atoms with Gasteiger partial charge >= 0.3 is 0 Å². The van der Waals surface area contributed by atoms with Crippen LogP contribution in [0, 0.1) is 12.3 Å². The van der Waals surface area contributed by atoms with Gasteiger partial charge < -0.3 is 11.5 Å². The van der Waals surface area contributed by atoms with Gasteiger partial charge in [0.2, 0.25) is 0 Å². The minimum atomic E-state index is -0.515. The molecule has 2 aromatic rings. The number of carbonyl (C=O) groups is 1. The van der Waals surface area contributed by atoms with Crippen molar-refractivity contribution in [1.82, 2.24) is 9.78 Å². The first kappa shape index (κ1) is 14.3. The third-order valence-electron chi connectivity index (χ3n) is 4.21. The number of amides is 1. The van der Waals surface area contributed by atoms with Crippen molar-refractivity contribution < 1.29 is 4.79 Å². The minimum Gasteiger partial charge on any atom is -0.370 e. The van der Waals surface area contributed by atoms with E-state index in [-0.39, 0.29) is 17.8 Å². The molecule has 1 amide bonds. The number of benzene rings is 1. The fraction of sp³-hybridized carbons (Fsp3) is 0.312. The number of hydrogen-bond donors (Lipinski definition) is 2. The average molecular weight is 297 g/mol. The fourth-order valence-corrected chi connectivity index (χ4v) is 2.88. The summed E-state index contributed by atoms with van der Waals surface area (Å²) in [5.74, 6) is -0.296. The number of rotatable bonds is 3. The van der Waals surface area contributed by atoms with E-state index in [1.807, 2.05) is 30.8 Å². The first-order valence-corrected chi connectivity index (χ1v) is 7.16. The van der Waals surface area contributed by atoms with Gasteiger partial charge in [-0.2, -0.15) is 10.1 Å². The second-order valence-electron chi connectivity index (χ2n) is 6.07. The predicted octanol–water partition coefficient (Wildman–Crippen LogP) is 1.47. The Morgan fingerprint density at radius 2 is 2.18 bits per heavy atom. The summed E-state index contributed by atoms with van der Waals surface area (Å²) < 4.78 is 1.81. The number of nitrogens with zero attached hydrogens (tertiary/aromatic N) is 3. The Morgan fingerprint density at radius 1 is 1.41 bits per heavy atom. The van der Waals surface area contributed by atoms with Gasteiger partial charge in [0.25, 0.3) is 5.91 Å². The Morgan fingerprint density at radius 3 is 2.82 bits per heavy atom. The van der Waals surface area contributed by atoms with Crippen molar-refractivity contribution in [3.8, 4) is 5.69 Å². The lowest BCUT2D eigenvalue weighted by atomic mass is 9.98. The Bertz CT molecular complexity index is 746. The fourth-order valence-electron chi connectivity index (χ4n) is 2.88. The molecule has 6 nitrogen and oxygen atoms in total. The second kappa shape index (κ2) is 4.98. The first-order valence-electron chi connectivity index (χ1n) is 7.16. The number of hydrogen-bond acceptors (Lipinski definition) is 2. The van der Waals surface area contributed by atoms with Crippen LogP contribution in [0.5, 0.6) is 0 Å². The zero-order chi connectivity index (χ0) is 15.9. The number of aliphatic imine (C=N–C) groups is 1. The van der Waals surface area contributed by atoms with E-state index in [1.54, 1.807) is 6.20 Å². The highest BCUT2D eigenvalue weighted by Crippen LogP contribution is 2.60. The molecule has 1 aromatic carbocycles. The molecular formula is C16H19N5O. The van der Waals surface area contributed by atoms with Crippen LogP contribution in [0.3, 0.4) is 0 Å². The standard InChI is InChI=1S/C16H19N5O/c1-10-6-11(8-12(7-10)21-5-3-4-19-21)13-9-16(13,2)14(22)20-15(17)18/h3-8,13H,9H2,1-2H3,(H4,17,18,20,22). The summed E-state index contributed by atoms with van der Waals surface area (Å²) >= 11 is 0. The van der Waals surface area contributed by atoms with Crippen molar-refractivity contribution in [1.29, 1.82) is 0 Å². The van der Waals surface area contributed by atoms with E-state index >= 15 is 0 Å². The molecule has 6 heteroatoms. The molecule has 0 bridgehead atoms. The smallest absolute Gasteiger partial charge is 0.255 e. The third-order valence-corrected chi connectivity index (χ3v) is 4.21. The predicted molar refractivity (Wildman–Crippen MR) is 84.6 cm³/mol. The number of aromatic nitrogens is 2. The summed E-state index contributed by atoms with van der Waals surface area (Å²) in [5, 5.41) is 4.25. The van der Waals surface area contributed by atoms with Crippen LogP contribution in [0.1, 0.15) is 30.4 Å². The molecular weight excluding hydrogens is 278 g/mol. The van der Waals surface area contributed by atoms with Crippen LogP contribution in [-0.4, -0.2) is 21.6 Å². The van der Waals surface area contributed by atoms with Crippen molar-refractivity contribution >= 4 is 11.9 Å². The topological polar surface area (TPSA) is 99.3 Å². The molecule has 1 aliphatic carbocycles. The van der Waals surface area contributed by atoms with Gasteiger partial charge in [-0.05, 0) is 48.6 Å². The molecule has 1 aliphatic rings. The van der Waals surface area contributed by atoms with E-state index in [0.29, 0.717) is 0 Å². The van der Waals surface area contributed by atoms with Crippen LogP contribution in [0.4, 0.5) is 0 Å². The van der Waals surface area contributed by atoms with Crippen LogP contribution in [0.15, 0.2) is 41.7 Å². The summed E-state index contributed by atoms with van der Waals surface area (Å²) in [7, 11) is 0. The maximum absolute atomic E-state index is 12.2. The molecule has 114 valence electrons. The number of nitrogens with two attached hydrogens (primary N) is 2. The molecule has 2 atom stereocenters. The first-order chi connectivity index (χ1) is 10.4. The van der Waals surface area contributed by atoms with Gasteiger partial charge in [0.1, 0.15) is 0 Å². The van der Waals surface area contributed by atoms with Crippen molar-refractivity contribution in [2.24, 2.45) is 21.9 Å². The monoisotopic (exact) mass is 297 g/mol. The highest BCUT2D eigenvalue weighted by atomic mass is 16.2. The highest BCUT2D eigenvalue weighted by molar-refractivity contribution is 5.96. The van der Waals surface area contributed by atoms with Gasteiger partial charge in [-0.25, -0.2) is 4.68 Å². The third kappa shape index (κ3) is 2.47. The zero-order valence-electron chi connectivity index (χ0n) is 12.7. The maximum atomic E-state index is 12.2. The van der Waals surface area contributed by atoms with E-state index in [4.69, 9.17) is 11.5 Å². The normalized spacial score (nSPS) is 23.1. The summed E-state index contributed by atoms with van der Waals surface area (Å²) in [5.41, 5.74) is 13.3. The largest absolute Gasteiger partial charge is 0.370 e. The number of carbonyl (C=O) groups excluding carboxylic acids is 1. The summed E-state index contributed by atoms with van der Waals surface area (Å²) in [6, 6.07) is 8.12. The van der Waals surface area contributed by atoms with Crippen molar-refractivity contribution in [2.75, 3.05) is 0 Å². The van der Waals surface area contributed by atoms with Gasteiger partial charge in [-0.1, -0.05) is 13.0 Å². The molecule has 0 spiro atoms. The Kier molecular flexibility index (Phi) is 3.24. The number of aryl methyl sites for hydroxylation is 1. The Hall–Kier alpha value is -2.63. The minimum absolute atomic E-state index is 0.136. The van der Waals surface area contributed by atoms with Crippen molar-refractivity contribution in [2.45, 2.75) is 26.2 Å². The maximum Gasteiger partial charge on any atom is 0.255 e. The lowest BCUT2D eigenvalue weighted by Crippen LogP contribution is -2.26. The molecule has 1 heterocycles.